The zero-order valence-electron chi connectivity index (χ0n) is 10.1. The Labute approximate surface area is 101 Å². The van der Waals surface area contributed by atoms with Gasteiger partial charge in [-0.25, -0.2) is 0 Å². The molecule has 1 rings (SSSR count). The van der Waals surface area contributed by atoms with E-state index in [-0.39, 0.29) is 0 Å². The molecule has 0 atom stereocenters. The van der Waals surface area contributed by atoms with E-state index in [4.69, 9.17) is 10.5 Å². The molecule has 2 N–H and O–H groups in total. The molecular formula is C13H16N2O2. The maximum absolute atomic E-state index is 10.5. The van der Waals surface area contributed by atoms with E-state index >= 15 is 0 Å². The number of ether oxygens (including phenoxy) is 1. The van der Waals surface area contributed by atoms with Crippen LogP contribution < -0.4 is 10.5 Å². The van der Waals surface area contributed by atoms with Crippen LogP contribution in [0.1, 0.15) is 5.56 Å². The molecule has 17 heavy (non-hydrogen) atoms. The van der Waals surface area contributed by atoms with Crippen molar-refractivity contribution in [3.63, 3.8) is 0 Å². The van der Waals surface area contributed by atoms with Gasteiger partial charge >= 0.3 is 0 Å². The van der Waals surface area contributed by atoms with E-state index in [0.717, 1.165) is 17.9 Å². The standard InChI is InChI=1S/C13H16N2O2/c1-15(2)9-10-17-12-6-3-11(4-7-12)5-8-13(14)16/h3-4,6-7H,9-10H2,1-2H3,(H2,14,16). The molecule has 1 amide bonds. The van der Waals surface area contributed by atoms with Gasteiger partial charge in [0.1, 0.15) is 12.4 Å². The van der Waals surface area contributed by atoms with Crippen LogP contribution in [0.3, 0.4) is 0 Å². The summed E-state index contributed by atoms with van der Waals surface area (Å²) in [5, 5.41) is 0. The average Bonchev–Trinajstić information content (AvgIpc) is 2.27. The minimum Gasteiger partial charge on any atom is -0.492 e. The highest BCUT2D eigenvalue weighted by molar-refractivity contribution is 5.92. The highest BCUT2D eigenvalue weighted by Gasteiger charge is 1.95. The molecule has 4 heteroatoms. The SMILES string of the molecule is CN(C)CCOc1ccc(C#CC(N)=O)cc1. The summed E-state index contributed by atoms with van der Waals surface area (Å²) in [7, 11) is 3.98. The van der Waals surface area contributed by atoms with Crippen molar-refractivity contribution >= 4 is 5.91 Å². The molecule has 0 aromatic heterocycles. The molecule has 0 radical (unpaired) electrons. The molecule has 0 aliphatic rings. The van der Waals surface area contributed by atoms with Crippen molar-refractivity contribution in [2.75, 3.05) is 27.2 Å². The van der Waals surface area contributed by atoms with Gasteiger partial charge in [0.25, 0.3) is 5.91 Å². The van der Waals surface area contributed by atoms with Crippen molar-refractivity contribution < 1.29 is 9.53 Å². The van der Waals surface area contributed by atoms with Crippen LogP contribution in [-0.4, -0.2) is 38.1 Å². The van der Waals surface area contributed by atoms with E-state index in [9.17, 15) is 4.79 Å². The van der Waals surface area contributed by atoms with Crippen molar-refractivity contribution in [1.29, 1.82) is 0 Å². The van der Waals surface area contributed by atoms with Gasteiger partial charge in [-0.1, -0.05) is 5.92 Å². The van der Waals surface area contributed by atoms with Crippen molar-refractivity contribution in [3.8, 4) is 17.6 Å². The van der Waals surface area contributed by atoms with Crippen LogP contribution >= 0.6 is 0 Å². The lowest BCUT2D eigenvalue weighted by molar-refractivity contribution is -0.112. The summed E-state index contributed by atoms with van der Waals surface area (Å²) in [6.07, 6.45) is 0. The Morgan fingerprint density at radius 1 is 1.35 bits per heavy atom. The summed E-state index contributed by atoms with van der Waals surface area (Å²) < 4.78 is 5.52. The molecule has 4 nitrogen and oxygen atoms in total. The summed E-state index contributed by atoms with van der Waals surface area (Å²) in [5.41, 5.74) is 5.66. The lowest BCUT2D eigenvalue weighted by Gasteiger charge is -2.10. The molecule has 0 saturated heterocycles. The Morgan fingerprint density at radius 2 is 2.00 bits per heavy atom. The van der Waals surface area contributed by atoms with E-state index in [2.05, 4.69) is 11.8 Å². The summed E-state index contributed by atoms with van der Waals surface area (Å²) in [4.78, 5) is 12.5. The minimum atomic E-state index is -0.628. The number of primary amides is 1. The van der Waals surface area contributed by atoms with E-state index in [1.807, 2.05) is 31.1 Å². The highest BCUT2D eigenvalue weighted by Crippen LogP contribution is 2.11. The first kappa shape index (κ1) is 13.1. The van der Waals surface area contributed by atoms with Crippen LogP contribution in [-0.2, 0) is 4.79 Å². The summed E-state index contributed by atoms with van der Waals surface area (Å²) in [6.45, 7) is 1.50. The van der Waals surface area contributed by atoms with Gasteiger partial charge in [0.2, 0.25) is 0 Å². The fourth-order valence-electron chi connectivity index (χ4n) is 1.11. The first-order valence-corrected chi connectivity index (χ1v) is 5.27. The van der Waals surface area contributed by atoms with Crippen molar-refractivity contribution in [3.05, 3.63) is 29.8 Å². The fraction of sp³-hybridized carbons (Fsp3) is 0.308. The number of benzene rings is 1. The van der Waals surface area contributed by atoms with Gasteiger partial charge in [-0.15, -0.1) is 0 Å². The van der Waals surface area contributed by atoms with Crippen molar-refractivity contribution in [2.45, 2.75) is 0 Å². The molecule has 0 aliphatic heterocycles. The Morgan fingerprint density at radius 3 is 2.53 bits per heavy atom. The summed E-state index contributed by atoms with van der Waals surface area (Å²) >= 11 is 0. The minimum absolute atomic E-state index is 0.628. The number of rotatable bonds is 4. The van der Waals surface area contributed by atoms with Gasteiger partial charge in [-0.05, 0) is 44.3 Å². The topological polar surface area (TPSA) is 55.6 Å². The lowest BCUT2D eigenvalue weighted by Crippen LogP contribution is -2.19. The molecule has 0 fully saturated rings. The number of hydrogen-bond donors (Lipinski definition) is 1. The Bertz CT molecular complexity index is 427. The normalized spacial score (nSPS) is 9.59. The van der Waals surface area contributed by atoms with Crippen LogP contribution in [0.4, 0.5) is 0 Å². The van der Waals surface area contributed by atoms with Gasteiger partial charge in [0.05, 0.1) is 0 Å². The molecule has 0 unspecified atom stereocenters. The molecule has 0 heterocycles. The molecular weight excluding hydrogens is 216 g/mol. The molecule has 0 bridgehead atoms. The second-order valence-corrected chi connectivity index (χ2v) is 3.79. The Balaban J connectivity index is 2.51. The largest absolute Gasteiger partial charge is 0.492 e. The first-order chi connectivity index (χ1) is 8.08. The zero-order valence-corrected chi connectivity index (χ0v) is 10.1. The van der Waals surface area contributed by atoms with Crippen molar-refractivity contribution in [1.82, 2.24) is 4.90 Å². The fourth-order valence-corrected chi connectivity index (χ4v) is 1.11. The van der Waals surface area contributed by atoms with Crippen LogP contribution in [0.15, 0.2) is 24.3 Å². The smallest absolute Gasteiger partial charge is 0.293 e. The molecule has 1 aromatic rings. The average molecular weight is 232 g/mol. The number of carbonyl (C=O) groups excluding carboxylic acids is 1. The molecule has 1 aromatic carbocycles. The number of nitrogens with zero attached hydrogens (tertiary/aromatic N) is 1. The number of carbonyl (C=O) groups is 1. The van der Waals surface area contributed by atoms with E-state index in [1.54, 1.807) is 12.1 Å². The quantitative estimate of drug-likeness (QED) is 0.767. The van der Waals surface area contributed by atoms with Crippen molar-refractivity contribution in [2.24, 2.45) is 5.73 Å². The number of hydrogen-bond acceptors (Lipinski definition) is 3. The predicted molar refractivity (Wildman–Crippen MR) is 66.6 cm³/mol. The molecule has 90 valence electrons. The predicted octanol–water partition coefficient (Wildman–Crippen LogP) is 0.464. The second-order valence-electron chi connectivity index (χ2n) is 3.79. The Hall–Kier alpha value is -1.99. The van der Waals surface area contributed by atoms with E-state index in [0.29, 0.717) is 6.61 Å². The first-order valence-electron chi connectivity index (χ1n) is 5.27. The maximum Gasteiger partial charge on any atom is 0.293 e. The third-order valence-electron chi connectivity index (χ3n) is 1.99. The maximum atomic E-state index is 10.5. The van der Waals surface area contributed by atoms with Gasteiger partial charge in [0, 0.05) is 12.1 Å². The molecule has 0 aliphatic carbocycles. The Kier molecular flexibility index (Phi) is 5.05. The molecule has 0 spiro atoms. The number of nitrogens with two attached hydrogens (primary N) is 1. The van der Waals surface area contributed by atoms with Crippen LogP contribution in [0.25, 0.3) is 0 Å². The van der Waals surface area contributed by atoms with Gasteiger partial charge < -0.3 is 15.4 Å². The van der Waals surface area contributed by atoms with E-state index in [1.165, 1.54) is 0 Å². The van der Waals surface area contributed by atoms with Crippen LogP contribution in [0.2, 0.25) is 0 Å². The third-order valence-corrected chi connectivity index (χ3v) is 1.99. The third kappa shape index (κ3) is 5.59. The number of amides is 1. The zero-order chi connectivity index (χ0) is 12.7. The summed E-state index contributed by atoms with van der Waals surface area (Å²) in [6, 6.07) is 7.23. The van der Waals surface area contributed by atoms with Gasteiger partial charge in [-0.2, -0.15) is 0 Å². The van der Waals surface area contributed by atoms with Gasteiger partial charge in [0.15, 0.2) is 0 Å². The lowest BCUT2D eigenvalue weighted by atomic mass is 10.2. The highest BCUT2D eigenvalue weighted by atomic mass is 16.5. The second kappa shape index (κ2) is 6.56. The van der Waals surface area contributed by atoms with Crippen LogP contribution in [0.5, 0.6) is 5.75 Å². The van der Waals surface area contributed by atoms with E-state index < -0.39 is 5.91 Å². The van der Waals surface area contributed by atoms with Gasteiger partial charge in [-0.3, -0.25) is 4.79 Å². The monoisotopic (exact) mass is 232 g/mol. The van der Waals surface area contributed by atoms with Crippen LogP contribution in [0, 0.1) is 11.8 Å². The summed E-state index contributed by atoms with van der Waals surface area (Å²) in [5.74, 6) is 5.10. The molecule has 0 saturated carbocycles. The number of likely N-dealkylation sites (N-methyl/N-ethyl adjacent to an activating group) is 1.